The van der Waals surface area contributed by atoms with Gasteiger partial charge in [-0.05, 0) is 55.5 Å². The van der Waals surface area contributed by atoms with Gasteiger partial charge in [-0.2, -0.15) is 9.61 Å². The summed E-state index contributed by atoms with van der Waals surface area (Å²) in [5, 5.41) is 25.0. The molecule has 37 heavy (non-hydrogen) atoms. The zero-order valence-electron chi connectivity index (χ0n) is 19.4. The first kappa shape index (κ1) is 24.8. The van der Waals surface area contributed by atoms with Crippen LogP contribution >= 0.6 is 22.9 Å². The number of nitrogens with zero attached hydrogens (tertiary/aromatic N) is 6. The van der Waals surface area contributed by atoms with E-state index in [1.54, 1.807) is 65.2 Å². The maximum atomic E-state index is 13.6. The number of hydrogen-bond donors (Lipinski definition) is 0. The van der Waals surface area contributed by atoms with Crippen molar-refractivity contribution in [2.24, 2.45) is 0 Å². The number of rotatable bonds is 8. The van der Waals surface area contributed by atoms with Crippen LogP contribution in [-0.4, -0.2) is 39.7 Å². The maximum absolute atomic E-state index is 13.6. The predicted molar refractivity (Wildman–Crippen MR) is 142 cm³/mol. The summed E-state index contributed by atoms with van der Waals surface area (Å²) in [6, 6.07) is 19.3. The minimum Gasteiger partial charge on any atom is -0.266 e. The molecule has 188 valence electrons. The van der Waals surface area contributed by atoms with E-state index in [2.05, 4.69) is 15.3 Å². The molecule has 0 unspecified atom stereocenters. The van der Waals surface area contributed by atoms with Crippen molar-refractivity contribution in [3.63, 3.8) is 0 Å². The van der Waals surface area contributed by atoms with Gasteiger partial charge in [-0.1, -0.05) is 40.6 Å². The van der Waals surface area contributed by atoms with Gasteiger partial charge in [0.15, 0.2) is 5.82 Å². The number of aromatic nitrogens is 4. The van der Waals surface area contributed by atoms with Crippen LogP contribution in [0.2, 0.25) is 5.02 Å². The second-order valence-electron chi connectivity index (χ2n) is 8.14. The highest BCUT2D eigenvalue weighted by molar-refractivity contribution is 7.92. The quantitative estimate of drug-likeness (QED) is 0.192. The van der Waals surface area contributed by atoms with Crippen LogP contribution in [0.1, 0.15) is 11.4 Å². The largest absolute Gasteiger partial charge is 0.269 e. The lowest BCUT2D eigenvalue weighted by molar-refractivity contribution is -0.384. The van der Waals surface area contributed by atoms with Gasteiger partial charge in [0.05, 0.1) is 15.5 Å². The fourth-order valence-electron chi connectivity index (χ4n) is 3.69. The molecule has 0 bridgehead atoms. The van der Waals surface area contributed by atoms with Crippen LogP contribution < -0.4 is 4.31 Å². The van der Waals surface area contributed by atoms with E-state index in [4.69, 9.17) is 11.6 Å². The minimum atomic E-state index is -3.88. The molecule has 0 aliphatic carbocycles. The van der Waals surface area contributed by atoms with Gasteiger partial charge >= 0.3 is 0 Å². The zero-order valence-corrected chi connectivity index (χ0v) is 21.7. The number of aryl methyl sites for hydroxylation is 1. The van der Waals surface area contributed by atoms with E-state index < -0.39 is 14.9 Å². The third-order valence-corrected chi connectivity index (χ3v) is 8.68. The van der Waals surface area contributed by atoms with E-state index in [1.807, 2.05) is 6.92 Å². The molecule has 0 aliphatic heterocycles. The Balaban J connectivity index is 1.45. The Labute approximate surface area is 221 Å². The highest BCUT2D eigenvalue weighted by Gasteiger charge is 2.26. The van der Waals surface area contributed by atoms with E-state index in [0.717, 1.165) is 5.56 Å². The number of halogens is 1. The molecule has 0 N–H and O–H groups in total. The van der Waals surface area contributed by atoms with Crippen LogP contribution in [-0.2, 0) is 16.4 Å². The SMILES string of the molecule is Cc1ccc(S(=O)(=O)N(CCc2nnc3sc(-c4ccc([N+](=O)[O-])cc4)nn23)c2ccc(Cl)cc2)cc1. The van der Waals surface area contributed by atoms with Crippen molar-refractivity contribution < 1.29 is 13.3 Å². The summed E-state index contributed by atoms with van der Waals surface area (Å²) >= 11 is 7.32. The van der Waals surface area contributed by atoms with Crippen LogP contribution in [0.3, 0.4) is 0 Å². The average molecular weight is 555 g/mol. The summed E-state index contributed by atoms with van der Waals surface area (Å²) in [5.41, 5.74) is 2.12. The normalized spacial score (nSPS) is 11.6. The Morgan fingerprint density at radius 2 is 1.68 bits per heavy atom. The highest BCUT2D eigenvalue weighted by Crippen LogP contribution is 2.29. The van der Waals surface area contributed by atoms with Crippen molar-refractivity contribution in [3.8, 4) is 10.6 Å². The molecule has 0 atom stereocenters. The van der Waals surface area contributed by atoms with Gasteiger partial charge in [0.25, 0.3) is 15.7 Å². The standard InChI is InChI=1S/C24H19ClN6O4S2/c1-16-2-12-21(13-3-16)37(34,35)29(19-10-6-18(25)7-11-19)15-14-22-26-27-24-30(22)28-23(36-24)17-4-8-20(9-5-17)31(32)33/h2-13H,14-15H2,1H3. The minimum absolute atomic E-state index is 0.00971. The fraction of sp³-hybridized carbons (Fsp3) is 0.125. The van der Waals surface area contributed by atoms with E-state index in [1.165, 1.54) is 27.8 Å². The lowest BCUT2D eigenvalue weighted by atomic mass is 10.2. The molecule has 0 radical (unpaired) electrons. The molecule has 2 heterocycles. The Bertz CT molecular complexity index is 1680. The molecule has 10 nitrogen and oxygen atoms in total. The summed E-state index contributed by atoms with van der Waals surface area (Å²) in [7, 11) is -3.88. The number of benzene rings is 3. The van der Waals surface area contributed by atoms with Crippen molar-refractivity contribution in [2.75, 3.05) is 10.8 Å². The zero-order chi connectivity index (χ0) is 26.2. The van der Waals surface area contributed by atoms with Gasteiger partial charge in [-0.15, -0.1) is 10.2 Å². The maximum Gasteiger partial charge on any atom is 0.269 e. The monoisotopic (exact) mass is 554 g/mol. The molecule has 0 amide bonds. The smallest absolute Gasteiger partial charge is 0.266 e. The van der Waals surface area contributed by atoms with Crippen LogP contribution in [0.25, 0.3) is 15.5 Å². The summed E-state index contributed by atoms with van der Waals surface area (Å²) in [6.07, 6.45) is 0.234. The Morgan fingerprint density at radius 1 is 1.00 bits per heavy atom. The van der Waals surface area contributed by atoms with Gasteiger partial charge in [-0.25, -0.2) is 8.42 Å². The fourth-order valence-corrected chi connectivity index (χ4v) is 6.15. The third kappa shape index (κ3) is 5.03. The number of hydrogen-bond acceptors (Lipinski definition) is 8. The van der Waals surface area contributed by atoms with E-state index in [0.29, 0.717) is 32.1 Å². The third-order valence-electron chi connectivity index (χ3n) is 5.64. The summed E-state index contributed by atoms with van der Waals surface area (Å²) in [4.78, 5) is 11.2. The van der Waals surface area contributed by atoms with Crippen LogP contribution in [0.4, 0.5) is 11.4 Å². The molecule has 0 saturated carbocycles. The van der Waals surface area contributed by atoms with Gasteiger partial charge in [0, 0.05) is 35.7 Å². The number of nitro benzene ring substituents is 1. The number of anilines is 1. The first-order valence-corrected chi connectivity index (χ1v) is 13.7. The van der Waals surface area contributed by atoms with Crippen molar-refractivity contribution in [1.82, 2.24) is 19.8 Å². The molecule has 0 saturated heterocycles. The highest BCUT2D eigenvalue weighted by atomic mass is 35.5. The molecule has 3 aromatic carbocycles. The van der Waals surface area contributed by atoms with E-state index >= 15 is 0 Å². The molecule has 0 fully saturated rings. The molecule has 2 aromatic heterocycles. The van der Waals surface area contributed by atoms with Crippen molar-refractivity contribution in [1.29, 1.82) is 0 Å². The second kappa shape index (κ2) is 9.88. The number of fused-ring (bicyclic) bond motifs is 1. The van der Waals surface area contributed by atoms with Crippen molar-refractivity contribution in [3.05, 3.63) is 99.3 Å². The Morgan fingerprint density at radius 3 is 2.32 bits per heavy atom. The summed E-state index contributed by atoms with van der Waals surface area (Å²) < 4.78 is 30.1. The molecule has 0 aliphatic rings. The Kier molecular flexibility index (Phi) is 6.63. The molecular weight excluding hydrogens is 536 g/mol. The lowest BCUT2D eigenvalue weighted by Crippen LogP contribution is -2.33. The first-order chi connectivity index (χ1) is 17.7. The predicted octanol–water partition coefficient (Wildman–Crippen LogP) is 5.16. The van der Waals surface area contributed by atoms with Crippen LogP contribution in [0, 0.1) is 17.0 Å². The molecule has 5 aromatic rings. The molecular formula is C24H19ClN6O4S2. The van der Waals surface area contributed by atoms with Crippen molar-refractivity contribution >= 4 is 49.3 Å². The van der Waals surface area contributed by atoms with Crippen molar-refractivity contribution in [2.45, 2.75) is 18.2 Å². The Hall–Kier alpha value is -3.87. The van der Waals surface area contributed by atoms with Gasteiger partial charge in [0.2, 0.25) is 4.96 Å². The van der Waals surface area contributed by atoms with Gasteiger partial charge in [-0.3, -0.25) is 14.4 Å². The first-order valence-electron chi connectivity index (χ1n) is 11.0. The second-order valence-corrected chi connectivity index (χ2v) is 11.4. The topological polar surface area (TPSA) is 124 Å². The molecule has 13 heteroatoms. The van der Waals surface area contributed by atoms with Gasteiger partial charge < -0.3 is 0 Å². The van der Waals surface area contributed by atoms with E-state index in [9.17, 15) is 18.5 Å². The number of nitro groups is 1. The van der Waals surface area contributed by atoms with Gasteiger partial charge in [0.1, 0.15) is 5.01 Å². The summed E-state index contributed by atoms with van der Waals surface area (Å²) in [6.45, 7) is 1.98. The molecule has 5 rings (SSSR count). The lowest BCUT2D eigenvalue weighted by Gasteiger charge is -2.24. The number of non-ortho nitro benzene ring substituents is 1. The molecule has 0 spiro atoms. The van der Waals surface area contributed by atoms with Crippen LogP contribution in [0.15, 0.2) is 77.7 Å². The van der Waals surface area contributed by atoms with Crippen LogP contribution in [0.5, 0.6) is 0 Å². The number of sulfonamides is 1. The van der Waals surface area contributed by atoms with E-state index in [-0.39, 0.29) is 23.5 Å². The summed E-state index contributed by atoms with van der Waals surface area (Å²) in [5.74, 6) is 0.484. The average Bonchev–Trinajstić information content (AvgIpc) is 3.47.